The molecule has 27 heavy (non-hydrogen) atoms. The second-order valence-electron chi connectivity index (χ2n) is 6.92. The number of benzene rings is 1. The van der Waals surface area contributed by atoms with Crippen LogP contribution in [-0.4, -0.2) is 49.0 Å². The minimum Gasteiger partial charge on any atom is -0.366 e. The molecule has 1 heterocycles. The molecule has 4 N–H and O–H groups in total. The van der Waals surface area contributed by atoms with Crippen molar-refractivity contribution in [3.05, 3.63) is 35.4 Å². The molecule has 1 unspecified atom stereocenters. The van der Waals surface area contributed by atoms with Crippen molar-refractivity contribution < 1.29 is 4.79 Å². The second kappa shape index (κ2) is 12.9. The van der Waals surface area contributed by atoms with Crippen molar-refractivity contribution in [2.45, 2.75) is 52.1 Å². The Balaban J connectivity index is 0.00000364. The molecule has 0 saturated carbocycles. The highest BCUT2D eigenvalue weighted by molar-refractivity contribution is 14.0. The van der Waals surface area contributed by atoms with Crippen molar-refractivity contribution in [1.82, 2.24) is 15.5 Å². The number of nitrogens with two attached hydrogens (primary N) is 1. The fraction of sp³-hybridized carbons (Fsp3) is 0.600. The molecule has 1 aliphatic rings. The third-order valence-corrected chi connectivity index (χ3v) is 4.86. The first-order valence-electron chi connectivity index (χ1n) is 9.75. The number of guanidine groups is 1. The average Bonchev–Trinajstić information content (AvgIpc) is 2.64. The molecule has 0 spiro atoms. The van der Waals surface area contributed by atoms with Gasteiger partial charge in [-0.3, -0.25) is 4.79 Å². The lowest BCUT2D eigenvalue weighted by molar-refractivity contribution is 0.100. The summed E-state index contributed by atoms with van der Waals surface area (Å²) in [6.07, 6.45) is 5.14. The molecule has 1 aliphatic heterocycles. The van der Waals surface area contributed by atoms with Crippen LogP contribution in [0.15, 0.2) is 29.3 Å². The van der Waals surface area contributed by atoms with Crippen molar-refractivity contribution in [2.24, 2.45) is 10.7 Å². The Morgan fingerprint density at radius 2 is 2.00 bits per heavy atom. The number of hydrogen-bond acceptors (Lipinski definition) is 3. The van der Waals surface area contributed by atoms with Gasteiger partial charge < -0.3 is 21.3 Å². The van der Waals surface area contributed by atoms with E-state index in [4.69, 9.17) is 5.73 Å². The summed E-state index contributed by atoms with van der Waals surface area (Å²) in [6.45, 7) is 9.08. The maximum absolute atomic E-state index is 11.1. The SMILES string of the molecule is CCNC(=NCc1ccc(C(N)=O)cc1)NCCCN1CCCCC1C.I. The number of nitrogens with zero attached hydrogens (tertiary/aromatic N) is 2. The van der Waals surface area contributed by atoms with Gasteiger partial charge >= 0.3 is 0 Å². The predicted molar refractivity (Wildman–Crippen MR) is 123 cm³/mol. The molecule has 1 saturated heterocycles. The van der Waals surface area contributed by atoms with Gasteiger partial charge in [-0.1, -0.05) is 18.6 Å². The zero-order chi connectivity index (χ0) is 18.8. The molecule has 1 aromatic rings. The number of halogens is 1. The topological polar surface area (TPSA) is 82.7 Å². The second-order valence-corrected chi connectivity index (χ2v) is 6.92. The van der Waals surface area contributed by atoms with Crippen LogP contribution in [0.4, 0.5) is 0 Å². The summed E-state index contributed by atoms with van der Waals surface area (Å²) in [6, 6.07) is 7.99. The zero-order valence-corrected chi connectivity index (χ0v) is 18.9. The normalized spacial score (nSPS) is 17.9. The molecule has 0 radical (unpaired) electrons. The smallest absolute Gasteiger partial charge is 0.248 e. The van der Waals surface area contributed by atoms with Gasteiger partial charge in [0, 0.05) is 31.2 Å². The number of piperidine rings is 1. The van der Waals surface area contributed by atoms with E-state index in [1.807, 2.05) is 12.1 Å². The highest BCUT2D eigenvalue weighted by atomic mass is 127. The largest absolute Gasteiger partial charge is 0.366 e. The summed E-state index contributed by atoms with van der Waals surface area (Å²) >= 11 is 0. The van der Waals surface area contributed by atoms with Crippen LogP contribution in [0, 0.1) is 0 Å². The first kappa shape index (κ1) is 23.7. The molecule has 1 aromatic carbocycles. The number of amides is 1. The number of carbonyl (C=O) groups excluding carboxylic acids is 1. The summed E-state index contributed by atoms with van der Waals surface area (Å²) in [7, 11) is 0. The van der Waals surface area contributed by atoms with Crippen LogP contribution in [-0.2, 0) is 6.54 Å². The molecule has 1 atom stereocenters. The molecule has 0 bridgehead atoms. The minimum atomic E-state index is -0.405. The molecule has 1 amide bonds. The Bertz CT molecular complexity index is 591. The number of hydrogen-bond donors (Lipinski definition) is 3. The summed E-state index contributed by atoms with van der Waals surface area (Å²) in [5, 5.41) is 6.69. The number of aliphatic imine (C=N–C) groups is 1. The Kier molecular flexibility index (Phi) is 11.3. The standard InChI is InChI=1S/C20H33N5O.HI/c1-3-22-20(23-12-6-14-25-13-5-4-7-16(25)2)24-15-17-8-10-18(11-9-17)19(21)26;/h8-11,16H,3-7,12-15H2,1-2H3,(H2,21,26)(H2,22,23,24);1H. The van der Waals surface area contributed by atoms with Crippen LogP contribution in [0.1, 0.15) is 55.5 Å². The number of rotatable bonds is 8. The van der Waals surface area contributed by atoms with Gasteiger partial charge in [0.25, 0.3) is 0 Å². The first-order valence-corrected chi connectivity index (χ1v) is 9.75. The molecule has 7 heteroatoms. The van der Waals surface area contributed by atoms with E-state index in [1.165, 1.54) is 25.8 Å². The summed E-state index contributed by atoms with van der Waals surface area (Å²) in [5.74, 6) is 0.427. The molecule has 152 valence electrons. The fourth-order valence-corrected chi connectivity index (χ4v) is 3.27. The first-order chi connectivity index (χ1) is 12.6. The minimum absolute atomic E-state index is 0. The lowest BCUT2D eigenvalue weighted by atomic mass is 10.0. The molecular weight excluding hydrogens is 453 g/mol. The third-order valence-electron chi connectivity index (χ3n) is 4.86. The highest BCUT2D eigenvalue weighted by Gasteiger charge is 2.17. The zero-order valence-electron chi connectivity index (χ0n) is 16.5. The number of primary amides is 1. The molecule has 0 aliphatic carbocycles. The van der Waals surface area contributed by atoms with Crippen molar-refractivity contribution in [1.29, 1.82) is 0 Å². The van der Waals surface area contributed by atoms with E-state index in [1.54, 1.807) is 12.1 Å². The van der Waals surface area contributed by atoms with Gasteiger partial charge in [-0.2, -0.15) is 0 Å². The Morgan fingerprint density at radius 3 is 2.63 bits per heavy atom. The number of carbonyl (C=O) groups is 1. The lowest BCUT2D eigenvalue weighted by Gasteiger charge is -2.33. The van der Waals surface area contributed by atoms with Crippen molar-refractivity contribution >= 4 is 35.8 Å². The van der Waals surface area contributed by atoms with Crippen molar-refractivity contribution in [3.8, 4) is 0 Å². The molecule has 0 aromatic heterocycles. The van der Waals surface area contributed by atoms with Gasteiger partial charge in [-0.25, -0.2) is 4.99 Å². The van der Waals surface area contributed by atoms with E-state index in [0.717, 1.165) is 37.6 Å². The summed E-state index contributed by atoms with van der Waals surface area (Å²) < 4.78 is 0. The number of nitrogens with one attached hydrogen (secondary N) is 2. The predicted octanol–water partition coefficient (Wildman–Crippen LogP) is 2.72. The van der Waals surface area contributed by atoms with E-state index in [0.29, 0.717) is 18.2 Å². The van der Waals surface area contributed by atoms with Gasteiger partial charge in [-0.05, 0) is 57.4 Å². The van der Waals surface area contributed by atoms with Gasteiger partial charge in [0.15, 0.2) is 5.96 Å². The van der Waals surface area contributed by atoms with Crippen LogP contribution < -0.4 is 16.4 Å². The third kappa shape index (κ3) is 8.47. The van der Waals surface area contributed by atoms with E-state index in [9.17, 15) is 4.79 Å². The van der Waals surface area contributed by atoms with Gasteiger partial charge in [0.2, 0.25) is 5.91 Å². The van der Waals surface area contributed by atoms with E-state index < -0.39 is 5.91 Å². The lowest BCUT2D eigenvalue weighted by Crippen LogP contribution is -2.41. The Morgan fingerprint density at radius 1 is 1.26 bits per heavy atom. The van der Waals surface area contributed by atoms with E-state index in [2.05, 4.69) is 34.4 Å². The monoisotopic (exact) mass is 487 g/mol. The highest BCUT2D eigenvalue weighted by Crippen LogP contribution is 2.16. The van der Waals surface area contributed by atoms with E-state index >= 15 is 0 Å². The number of likely N-dealkylation sites (tertiary alicyclic amines) is 1. The quantitative estimate of drug-likeness (QED) is 0.228. The van der Waals surface area contributed by atoms with Crippen LogP contribution in [0.5, 0.6) is 0 Å². The Labute approximate surface area is 180 Å². The maximum Gasteiger partial charge on any atom is 0.248 e. The van der Waals surface area contributed by atoms with Crippen LogP contribution in [0.2, 0.25) is 0 Å². The molecule has 1 fully saturated rings. The van der Waals surface area contributed by atoms with Crippen LogP contribution >= 0.6 is 24.0 Å². The van der Waals surface area contributed by atoms with Crippen molar-refractivity contribution in [2.75, 3.05) is 26.2 Å². The fourth-order valence-electron chi connectivity index (χ4n) is 3.27. The average molecular weight is 487 g/mol. The van der Waals surface area contributed by atoms with Gasteiger partial charge in [0.05, 0.1) is 6.54 Å². The van der Waals surface area contributed by atoms with Gasteiger partial charge in [0.1, 0.15) is 0 Å². The maximum atomic E-state index is 11.1. The Hall–Kier alpha value is -1.35. The summed E-state index contributed by atoms with van der Waals surface area (Å²) in [5.41, 5.74) is 6.84. The summed E-state index contributed by atoms with van der Waals surface area (Å²) in [4.78, 5) is 18.3. The van der Waals surface area contributed by atoms with E-state index in [-0.39, 0.29) is 24.0 Å². The molecule has 2 rings (SSSR count). The van der Waals surface area contributed by atoms with Gasteiger partial charge in [-0.15, -0.1) is 24.0 Å². The van der Waals surface area contributed by atoms with Crippen LogP contribution in [0.3, 0.4) is 0 Å². The molecule has 6 nitrogen and oxygen atoms in total. The molecular formula is C20H34IN5O. The van der Waals surface area contributed by atoms with Crippen molar-refractivity contribution in [3.63, 3.8) is 0 Å². The van der Waals surface area contributed by atoms with Crippen LogP contribution in [0.25, 0.3) is 0 Å².